The van der Waals surface area contributed by atoms with E-state index in [4.69, 9.17) is 11.6 Å². The minimum absolute atomic E-state index is 0.132. The van der Waals surface area contributed by atoms with Gasteiger partial charge in [-0.25, -0.2) is 22.4 Å². The molecule has 4 rings (SSSR count). The van der Waals surface area contributed by atoms with Gasteiger partial charge in [0.25, 0.3) is 10.0 Å². The average Bonchev–Trinajstić information content (AvgIpc) is 3.26. The summed E-state index contributed by atoms with van der Waals surface area (Å²) in [6, 6.07) is 10.2. The lowest BCUT2D eigenvalue weighted by Crippen LogP contribution is -2.14. The van der Waals surface area contributed by atoms with Gasteiger partial charge in [-0.3, -0.25) is 0 Å². The van der Waals surface area contributed by atoms with Crippen LogP contribution in [0.2, 0.25) is 5.02 Å². The maximum Gasteiger partial charge on any atom is 0.270 e. The zero-order valence-corrected chi connectivity index (χ0v) is 17.2. The Morgan fingerprint density at radius 1 is 1.14 bits per heavy atom. The molecule has 0 spiro atoms. The molecule has 140 valence electrons. The van der Waals surface area contributed by atoms with E-state index in [0.29, 0.717) is 16.1 Å². The summed E-state index contributed by atoms with van der Waals surface area (Å²) < 4.78 is 28.1. The topological polar surface area (TPSA) is 88.6 Å². The highest BCUT2D eigenvalue weighted by atomic mass is 35.5. The van der Waals surface area contributed by atoms with E-state index in [1.165, 1.54) is 17.5 Å². The van der Waals surface area contributed by atoms with Crippen LogP contribution in [0, 0.1) is 25.2 Å². The van der Waals surface area contributed by atoms with Gasteiger partial charge in [0.2, 0.25) is 0 Å². The summed E-state index contributed by atoms with van der Waals surface area (Å²) in [6.45, 7) is 3.78. The van der Waals surface area contributed by atoms with Crippen molar-refractivity contribution in [2.24, 2.45) is 0 Å². The summed E-state index contributed by atoms with van der Waals surface area (Å²) in [5.41, 5.74) is 1.65. The van der Waals surface area contributed by atoms with E-state index in [1.807, 2.05) is 19.9 Å². The van der Waals surface area contributed by atoms with Crippen molar-refractivity contribution in [3.8, 4) is 16.8 Å². The molecule has 1 aromatic carbocycles. The van der Waals surface area contributed by atoms with Gasteiger partial charge in [-0.2, -0.15) is 5.26 Å². The Bertz CT molecular complexity index is 1360. The summed E-state index contributed by atoms with van der Waals surface area (Å²) in [5.74, 6) is 0. The predicted octanol–water partition coefficient (Wildman–Crippen LogP) is 4.54. The molecule has 28 heavy (non-hydrogen) atoms. The molecule has 3 heterocycles. The van der Waals surface area contributed by atoms with Gasteiger partial charge in [0.15, 0.2) is 5.65 Å². The normalized spacial score (nSPS) is 11.6. The van der Waals surface area contributed by atoms with E-state index in [9.17, 15) is 13.7 Å². The Hall–Kier alpha value is -2.73. The van der Waals surface area contributed by atoms with Gasteiger partial charge in [0.05, 0.1) is 21.2 Å². The maximum absolute atomic E-state index is 13.5. The SMILES string of the molecule is Cc1ccc(S(=O)(=O)n2c(-c3ncc(C)s3)cc3c(Cl)c(C#N)cnc32)cc1. The molecule has 0 unspecified atom stereocenters. The summed E-state index contributed by atoms with van der Waals surface area (Å²) in [7, 11) is -3.97. The van der Waals surface area contributed by atoms with E-state index in [1.54, 1.807) is 36.5 Å². The van der Waals surface area contributed by atoms with Gasteiger partial charge >= 0.3 is 0 Å². The predicted molar refractivity (Wildman–Crippen MR) is 109 cm³/mol. The monoisotopic (exact) mass is 428 g/mol. The molecular weight excluding hydrogens is 416 g/mol. The van der Waals surface area contributed by atoms with Crippen LogP contribution in [0.15, 0.2) is 47.6 Å². The van der Waals surface area contributed by atoms with Gasteiger partial charge in [-0.1, -0.05) is 29.3 Å². The zero-order valence-electron chi connectivity index (χ0n) is 14.8. The van der Waals surface area contributed by atoms with E-state index >= 15 is 0 Å². The maximum atomic E-state index is 13.5. The number of nitrogens with zero attached hydrogens (tertiary/aromatic N) is 4. The smallest absolute Gasteiger partial charge is 0.243 e. The standard InChI is InChI=1S/C19H13ClN4O2S2/c1-11-3-5-14(6-4-11)28(25,26)24-16(19-23-9-12(2)27-19)7-15-17(20)13(8-21)10-22-18(15)24/h3-7,9-10H,1-2H3. The van der Waals surface area contributed by atoms with Crippen LogP contribution in [0.4, 0.5) is 0 Å². The van der Waals surface area contributed by atoms with E-state index < -0.39 is 10.0 Å². The van der Waals surface area contributed by atoms with Crippen LogP contribution in [0.25, 0.3) is 21.7 Å². The molecule has 3 aromatic heterocycles. The Labute approximate surface area is 170 Å². The second-order valence-corrected chi connectivity index (χ2v) is 9.62. The Morgan fingerprint density at radius 3 is 2.46 bits per heavy atom. The Balaban J connectivity index is 2.10. The second-order valence-electron chi connectivity index (χ2n) is 6.22. The fraction of sp³-hybridized carbons (Fsp3) is 0.105. The molecule has 0 saturated heterocycles. The minimum Gasteiger partial charge on any atom is -0.243 e. The van der Waals surface area contributed by atoms with Crippen molar-refractivity contribution in [1.29, 1.82) is 5.26 Å². The van der Waals surface area contributed by atoms with Crippen molar-refractivity contribution in [3.63, 3.8) is 0 Å². The molecule has 0 atom stereocenters. The Kier molecular flexibility index (Phi) is 4.46. The van der Waals surface area contributed by atoms with Crippen LogP contribution in [-0.2, 0) is 10.0 Å². The number of fused-ring (bicyclic) bond motifs is 1. The summed E-state index contributed by atoms with van der Waals surface area (Å²) in [4.78, 5) is 9.63. The number of halogens is 1. The highest BCUT2D eigenvalue weighted by molar-refractivity contribution is 7.90. The van der Waals surface area contributed by atoms with Gasteiger partial charge in [0.1, 0.15) is 11.1 Å². The largest absolute Gasteiger partial charge is 0.270 e. The molecule has 4 aromatic rings. The summed E-state index contributed by atoms with van der Waals surface area (Å²) >= 11 is 7.72. The first-order valence-electron chi connectivity index (χ1n) is 8.18. The van der Waals surface area contributed by atoms with Crippen molar-refractivity contribution in [2.45, 2.75) is 18.7 Å². The zero-order chi connectivity index (χ0) is 20.1. The van der Waals surface area contributed by atoms with Crippen LogP contribution in [-0.4, -0.2) is 22.4 Å². The van der Waals surface area contributed by atoms with Crippen molar-refractivity contribution in [2.75, 3.05) is 0 Å². The van der Waals surface area contributed by atoms with E-state index in [2.05, 4.69) is 9.97 Å². The lowest BCUT2D eigenvalue weighted by atomic mass is 10.2. The van der Waals surface area contributed by atoms with Gasteiger partial charge in [-0.05, 0) is 32.0 Å². The van der Waals surface area contributed by atoms with E-state index in [-0.39, 0.29) is 21.1 Å². The number of hydrogen-bond acceptors (Lipinski definition) is 6. The molecule has 0 saturated carbocycles. The molecular formula is C19H13ClN4O2S2. The number of aryl methyl sites for hydroxylation is 2. The lowest BCUT2D eigenvalue weighted by Gasteiger charge is -2.10. The number of pyridine rings is 1. The molecule has 0 aliphatic heterocycles. The molecule has 0 fully saturated rings. The first-order chi connectivity index (χ1) is 13.3. The van der Waals surface area contributed by atoms with Gasteiger partial charge in [-0.15, -0.1) is 11.3 Å². The lowest BCUT2D eigenvalue weighted by molar-refractivity contribution is 0.589. The van der Waals surface area contributed by atoms with Crippen LogP contribution < -0.4 is 0 Å². The third-order valence-electron chi connectivity index (χ3n) is 4.24. The summed E-state index contributed by atoms with van der Waals surface area (Å²) in [5, 5.41) is 10.3. The van der Waals surface area contributed by atoms with Crippen LogP contribution >= 0.6 is 22.9 Å². The first-order valence-corrected chi connectivity index (χ1v) is 10.8. The molecule has 0 radical (unpaired) electrons. The van der Waals surface area contributed by atoms with Gasteiger partial charge < -0.3 is 0 Å². The van der Waals surface area contributed by atoms with Crippen molar-refractivity contribution >= 4 is 44.0 Å². The summed E-state index contributed by atoms with van der Waals surface area (Å²) in [6.07, 6.45) is 2.96. The number of benzene rings is 1. The molecule has 6 nitrogen and oxygen atoms in total. The number of rotatable bonds is 3. The molecule has 0 bridgehead atoms. The van der Waals surface area contributed by atoms with Crippen LogP contribution in [0.3, 0.4) is 0 Å². The molecule has 0 amide bonds. The van der Waals surface area contributed by atoms with E-state index in [0.717, 1.165) is 14.4 Å². The fourth-order valence-electron chi connectivity index (χ4n) is 2.85. The average molecular weight is 429 g/mol. The number of nitriles is 1. The van der Waals surface area contributed by atoms with Crippen LogP contribution in [0.5, 0.6) is 0 Å². The first kappa shape index (κ1) is 18.6. The molecule has 9 heteroatoms. The van der Waals surface area contributed by atoms with Crippen molar-refractivity contribution < 1.29 is 8.42 Å². The molecule has 0 aliphatic carbocycles. The highest BCUT2D eigenvalue weighted by Gasteiger charge is 2.27. The van der Waals surface area contributed by atoms with Gasteiger partial charge in [0, 0.05) is 22.7 Å². The fourth-order valence-corrected chi connectivity index (χ4v) is 5.37. The molecule has 0 aliphatic rings. The third kappa shape index (κ3) is 2.88. The van der Waals surface area contributed by atoms with Crippen LogP contribution in [0.1, 0.15) is 16.0 Å². The van der Waals surface area contributed by atoms with Crippen molar-refractivity contribution in [3.05, 3.63) is 63.8 Å². The number of aromatic nitrogens is 3. The Morgan fingerprint density at radius 2 is 1.86 bits per heavy atom. The number of hydrogen-bond donors (Lipinski definition) is 0. The quantitative estimate of drug-likeness (QED) is 0.478. The molecule has 0 N–H and O–H groups in total. The second kappa shape index (κ2) is 6.71. The highest BCUT2D eigenvalue weighted by Crippen LogP contribution is 2.36. The van der Waals surface area contributed by atoms with Crippen molar-refractivity contribution in [1.82, 2.24) is 13.9 Å². The number of thiazole rings is 1. The minimum atomic E-state index is -3.97. The third-order valence-corrected chi connectivity index (χ3v) is 7.30.